The Bertz CT molecular complexity index is 784. The Morgan fingerprint density at radius 2 is 1.97 bits per heavy atom. The highest BCUT2D eigenvalue weighted by molar-refractivity contribution is 14.0. The van der Waals surface area contributed by atoms with Crippen molar-refractivity contribution >= 4 is 39.8 Å². The van der Waals surface area contributed by atoms with Crippen molar-refractivity contribution in [1.82, 2.24) is 15.5 Å². The number of rotatable bonds is 7. The van der Waals surface area contributed by atoms with Gasteiger partial charge < -0.3 is 15.5 Å². The van der Waals surface area contributed by atoms with Crippen LogP contribution in [-0.4, -0.2) is 64.3 Å². The summed E-state index contributed by atoms with van der Waals surface area (Å²) in [7, 11) is -2.00. The lowest BCUT2D eigenvalue weighted by Gasteiger charge is -2.21. The second-order valence-electron chi connectivity index (χ2n) is 7.79. The fourth-order valence-corrected chi connectivity index (χ4v) is 5.41. The molecular formula is C20H32FIN4O2S. The predicted molar refractivity (Wildman–Crippen MR) is 125 cm³/mol. The maximum atomic E-state index is 13.7. The van der Waals surface area contributed by atoms with E-state index in [9.17, 15) is 12.8 Å². The first kappa shape index (κ1) is 24.3. The fraction of sp³-hybridized carbons (Fsp3) is 0.650. The zero-order valence-corrected chi connectivity index (χ0v) is 20.1. The minimum absolute atomic E-state index is 0. The molecule has 3 rings (SSSR count). The van der Waals surface area contributed by atoms with E-state index < -0.39 is 15.7 Å². The van der Waals surface area contributed by atoms with Crippen molar-refractivity contribution in [1.29, 1.82) is 0 Å². The maximum Gasteiger partial charge on any atom is 0.191 e. The average Bonchev–Trinajstić information content (AvgIpc) is 3.33. The first-order valence-electron chi connectivity index (χ1n) is 10.1. The van der Waals surface area contributed by atoms with Crippen LogP contribution in [0.15, 0.2) is 34.2 Å². The van der Waals surface area contributed by atoms with E-state index in [1.54, 1.807) is 7.05 Å². The Morgan fingerprint density at radius 1 is 1.24 bits per heavy atom. The zero-order valence-electron chi connectivity index (χ0n) is 16.9. The Hall–Kier alpha value is -0.940. The van der Waals surface area contributed by atoms with E-state index >= 15 is 0 Å². The number of sulfone groups is 1. The first-order valence-corrected chi connectivity index (χ1v) is 11.8. The molecule has 1 aliphatic carbocycles. The van der Waals surface area contributed by atoms with Crippen LogP contribution in [0.5, 0.6) is 0 Å². The van der Waals surface area contributed by atoms with Gasteiger partial charge in [-0.3, -0.25) is 4.99 Å². The van der Waals surface area contributed by atoms with Gasteiger partial charge in [0.25, 0.3) is 0 Å². The van der Waals surface area contributed by atoms with Gasteiger partial charge in [-0.15, -0.1) is 24.0 Å². The summed E-state index contributed by atoms with van der Waals surface area (Å²) in [4.78, 5) is 6.46. The average molecular weight is 538 g/mol. The topological polar surface area (TPSA) is 73.8 Å². The number of benzene rings is 1. The first-order chi connectivity index (χ1) is 13.5. The second-order valence-corrected chi connectivity index (χ2v) is 9.87. The molecule has 1 aromatic rings. The van der Waals surface area contributed by atoms with Gasteiger partial charge >= 0.3 is 0 Å². The standard InChI is InChI=1S/C20H31FN4O2S.HI/c1-22-20(23-11-13-28(26,27)19-9-5-4-8-18(19)21)24-17-10-12-25(15-17)14-16-6-2-3-7-16;/h4-5,8-9,16-17H,2-3,6-7,10-15H2,1H3,(H2,22,23,24);1H. The molecule has 9 heteroatoms. The van der Waals surface area contributed by atoms with Crippen LogP contribution in [0.4, 0.5) is 4.39 Å². The largest absolute Gasteiger partial charge is 0.355 e. The lowest BCUT2D eigenvalue weighted by Crippen LogP contribution is -2.46. The van der Waals surface area contributed by atoms with Gasteiger partial charge in [-0.1, -0.05) is 25.0 Å². The van der Waals surface area contributed by atoms with E-state index in [1.165, 1.54) is 50.4 Å². The van der Waals surface area contributed by atoms with E-state index in [0.717, 1.165) is 31.5 Å². The summed E-state index contributed by atoms with van der Waals surface area (Å²) in [6.45, 7) is 3.44. The molecule has 0 spiro atoms. The molecule has 1 saturated heterocycles. The Labute approximate surface area is 190 Å². The van der Waals surface area contributed by atoms with Crippen molar-refractivity contribution in [2.24, 2.45) is 10.9 Å². The van der Waals surface area contributed by atoms with Crippen molar-refractivity contribution < 1.29 is 12.8 Å². The monoisotopic (exact) mass is 538 g/mol. The molecule has 0 aromatic heterocycles. The summed E-state index contributed by atoms with van der Waals surface area (Å²) >= 11 is 0. The number of aliphatic imine (C=N–C) groups is 1. The number of guanidine groups is 1. The third-order valence-corrected chi connectivity index (χ3v) is 7.41. The van der Waals surface area contributed by atoms with Crippen LogP contribution in [0.3, 0.4) is 0 Å². The van der Waals surface area contributed by atoms with E-state index in [2.05, 4.69) is 20.5 Å². The minimum atomic E-state index is -3.67. The molecule has 2 aliphatic rings. The molecule has 1 aromatic carbocycles. The molecule has 0 amide bonds. The quantitative estimate of drug-likeness (QED) is 0.318. The number of nitrogens with zero attached hydrogens (tertiary/aromatic N) is 2. The van der Waals surface area contributed by atoms with Gasteiger partial charge in [0.15, 0.2) is 15.8 Å². The smallest absolute Gasteiger partial charge is 0.191 e. The summed E-state index contributed by atoms with van der Waals surface area (Å²) in [5.74, 6) is 0.544. The van der Waals surface area contributed by atoms with Crippen molar-refractivity contribution in [2.45, 2.75) is 43.0 Å². The molecule has 1 atom stereocenters. The van der Waals surface area contributed by atoms with Crippen molar-refractivity contribution in [3.05, 3.63) is 30.1 Å². The van der Waals surface area contributed by atoms with Gasteiger partial charge in [-0.2, -0.15) is 0 Å². The molecule has 0 bridgehead atoms. The lowest BCUT2D eigenvalue weighted by molar-refractivity contribution is 0.275. The molecule has 29 heavy (non-hydrogen) atoms. The summed E-state index contributed by atoms with van der Waals surface area (Å²) in [5.41, 5.74) is 0. The summed E-state index contributed by atoms with van der Waals surface area (Å²) in [6.07, 6.45) is 6.50. The van der Waals surface area contributed by atoms with Gasteiger partial charge in [-0.05, 0) is 37.3 Å². The molecule has 1 unspecified atom stereocenters. The number of halogens is 2. The molecule has 2 fully saturated rings. The van der Waals surface area contributed by atoms with Crippen LogP contribution in [0, 0.1) is 11.7 Å². The second kappa shape index (κ2) is 11.5. The zero-order chi connectivity index (χ0) is 20.0. The third kappa shape index (κ3) is 7.06. The molecule has 164 valence electrons. The molecule has 2 N–H and O–H groups in total. The molecule has 6 nitrogen and oxygen atoms in total. The Kier molecular flexibility index (Phi) is 9.61. The van der Waals surface area contributed by atoms with Gasteiger partial charge in [0.1, 0.15) is 10.7 Å². The van der Waals surface area contributed by atoms with Gasteiger partial charge in [0.2, 0.25) is 0 Å². The van der Waals surface area contributed by atoms with E-state index in [-0.39, 0.29) is 41.2 Å². The van der Waals surface area contributed by atoms with Crippen LogP contribution in [0.1, 0.15) is 32.1 Å². The van der Waals surface area contributed by atoms with Crippen LogP contribution in [0.25, 0.3) is 0 Å². The number of likely N-dealkylation sites (tertiary alicyclic amines) is 1. The molecule has 1 aliphatic heterocycles. The highest BCUT2D eigenvalue weighted by atomic mass is 127. The van der Waals surface area contributed by atoms with Crippen LogP contribution in [-0.2, 0) is 9.84 Å². The summed E-state index contributed by atoms with van der Waals surface area (Å²) in [6, 6.07) is 5.79. The molecule has 0 radical (unpaired) electrons. The highest BCUT2D eigenvalue weighted by Gasteiger charge is 2.26. The van der Waals surface area contributed by atoms with Gasteiger partial charge in [-0.25, -0.2) is 12.8 Å². The summed E-state index contributed by atoms with van der Waals surface area (Å²) < 4.78 is 38.4. The number of hydrogen-bond acceptors (Lipinski definition) is 4. The third-order valence-electron chi connectivity index (χ3n) is 5.66. The molecule has 1 saturated carbocycles. The van der Waals surface area contributed by atoms with Crippen LogP contribution >= 0.6 is 24.0 Å². The van der Waals surface area contributed by atoms with Crippen molar-refractivity contribution in [3.8, 4) is 0 Å². The Morgan fingerprint density at radius 3 is 2.66 bits per heavy atom. The normalized spacial score (nSPS) is 21.2. The maximum absolute atomic E-state index is 13.7. The number of nitrogens with one attached hydrogen (secondary N) is 2. The van der Waals surface area contributed by atoms with E-state index in [1.807, 2.05) is 0 Å². The molecule has 1 heterocycles. The SMILES string of the molecule is CN=C(NCCS(=O)(=O)c1ccccc1F)NC1CCN(CC2CCCC2)C1.I. The van der Waals surface area contributed by atoms with E-state index in [0.29, 0.717) is 12.0 Å². The van der Waals surface area contributed by atoms with Crippen molar-refractivity contribution in [2.75, 3.05) is 39.0 Å². The van der Waals surface area contributed by atoms with Gasteiger partial charge in [0, 0.05) is 39.3 Å². The Balaban J connectivity index is 0.00000300. The minimum Gasteiger partial charge on any atom is -0.355 e. The molecular weight excluding hydrogens is 506 g/mol. The van der Waals surface area contributed by atoms with Crippen LogP contribution in [0.2, 0.25) is 0 Å². The van der Waals surface area contributed by atoms with Crippen LogP contribution < -0.4 is 10.6 Å². The van der Waals surface area contributed by atoms with Crippen molar-refractivity contribution in [3.63, 3.8) is 0 Å². The lowest BCUT2D eigenvalue weighted by atomic mass is 10.1. The van der Waals surface area contributed by atoms with Gasteiger partial charge in [0.05, 0.1) is 5.75 Å². The summed E-state index contributed by atoms with van der Waals surface area (Å²) in [5, 5.41) is 6.43. The fourth-order valence-electron chi connectivity index (χ4n) is 4.17. The van der Waals surface area contributed by atoms with E-state index in [4.69, 9.17) is 0 Å². The highest BCUT2D eigenvalue weighted by Crippen LogP contribution is 2.26. The number of hydrogen-bond donors (Lipinski definition) is 2. The predicted octanol–water partition coefficient (Wildman–Crippen LogP) is 2.65.